The average molecular weight is 558 g/mol. The molecule has 12 heteroatoms. The summed E-state index contributed by atoms with van der Waals surface area (Å²) in [4.78, 5) is 31.7. The molecule has 1 saturated heterocycles. The van der Waals surface area contributed by atoms with Crippen molar-refractivity contribution in [3.8, 4) is 11.6 Å². The lowest BCUT2D eigenvalue weighted by Crippen LogP contribution is -2.51. The summed E-state index contributed by atoms with van der Waals surface area (Å²) in [5.41, 5.74) is 13.6. The van der Waals surface area contributed by atoms with Crippen LogP contribution in [-0.2, 0) is 4.74 Å². The number of aldehydes is 1. The van der Waals surface area contributed by atoms with Crippen molar-refractivity contribution in [2.45, 2.75) is 51.9 Å². The predicted octanol–water partition coefficient (Wildman–Crippen LogP) is 3.69. The molecule has 40 heavy (non-hydrogen) atoms. The Morgan fingerprint density at radius 1 is 1.20 bits per heavy atom. The SMILES string of the molecule is COc1c(F)cc(F)cc1/C(N)=C/C1=C(N)N(C(=O)OC(C)(C)C)CC2CC(Oc3cc(C)c(C=O)cn3)CN12. The van der Waals surface area contributed by atoms with Crippen molar-refractivity contribution in [3.05, 3.63) is 70.3 Å². The van der Waals surface area contributed by atoms with E-state index in [1.165, 1.54) is 24.3 Å². The number of hydrogen-bond acceptors (Lipinski definition) is 9. The third-order valence-electron chi connectivity index (χ3n) is 6.60. The van der Waals surface area contributed by atoms with Gasteiger partial charge in [0.2, 0.25) is 5.88 Å². The monoisotopic (exact) mass is 557 g/mol. The van der Waals surface area contributed by atoms with E-state index in [2.05, 4.69) is 4.98 Å². The molecule has 2 atom stereocenters. The minimum absolute atomic E-state index is 0.00631. The van der Waals surface area contributed by atoms with Crippen molar-refractivity contribution in [2.75, 3.05) is 20.2 Å². The fourth-order valence-corrected chi connectivity index (χ4v) is 4.78. The Labute approximate surface area is 231 Å². The van der Waals surface area contributed by atoms with E-state index in [1.807, 2.05) is 4.90 Å². The van der Waals surface area contributed by atoms with Crippen molar-refractivity contribution in [2.24, 2.45) is 11.5 Å². The van der Waals surface area contributed by atoms with Gasteiger partial charge in [-0.15, -0.1) is 0 Å². The molecule has 214 valence electrons. The largest absolute Gasteiger partial charge is 0.493 e. The van der Waals surface area contributed by atoms with Crippen LogP contribution in [0.4, 0.5) is 13.6 Å². The van der Waals surface area contributed by atoms with E-state index in [4.69, 9.17) is 25.7 Å². The first-order chi connectivity index (χ1) is 18.8. The molecule has 1 aromatic carbocycles. The van der Waals surface area contributed by atoms with Crippen LogP contribution in [0.15, 0.2) is 42.0 Å². The van der Waals surface area contributed by atoms with Crippen LogP contribution in [0.5, 0.6) is 11.6 Å². The zero-order chi connectivity index (χ0) is 29.4. The fraction of sp³-hybridized carbons (Fsp3) is 0.393. The third-order valence-corrected chi connectivity index (χ3v) is 6.60. The van der Waals surface area contributed by atoms with Gasteiger partial charge in [-0.3, -0.25) is 9.69 Å². The quantitative estimate of drug-likeness (QED) is 0.510. The summed E-state index contributed by atoms with van der Waals surface area (Å²) in [6.07, 6.45) is 3.13. The Kier molecular flexibility index (Phi) is 7.90. The van der Waals surface area contributed by atoms with Crippen LogP contribution in [0, 0.1) is 18.6 Å². The molecule has 3 heterocycles. The number of pyridine rings is 1. The first kappa shape index (κ1) is 28.7. The number of allylic oxidation sites excluding steroid dienone is 1. The number of aromatic nitrogens is 1. The van der Waals surface area contributed by atoms with Crippen LogP contribution in [0.2, 0.25) is 0 Å². The standard InChI is InChI=1S/C28H33F2N5O5/c1-15-6-24(33-11-16(15)14-36)39-19-9-18-12-35(27(37)40-28(2,3)4)26(32)23(34(18)13-19)10-22(31)20-7-17(29)8-21(30)25(20)38-5/h6-8,10-11,14,18-19H,9,12-13,31-32H2,1-5H3/b22-10-. The third kappa shape index (κ3) is 5.95. The molecule has 2 aromatic rings. The highest BCUT2D eigenvalue weighted by atomic mass is 19.1. The van der Waals surface area contributed by atoms with Crippen LogP contribution < -0.4 is 20.9 Å². The number of carbonyl (C=O) groups is 2. The summed E-state index contributed by atoms with van der Waals surface area (Å²) in [6.45, 7) is 7.59. The van der Waals surface area contributed by atoms with E-state index in [-0.39, 0.29) is 41.5 Å². The maximum atomic E-state index is 14.4. The molecule has 0 aliphatic carbocycles. The van der Waals surface area contributed by atoms with E-state index >= 15 is 0 Å². The molecule has 0 bridgehead atoms. The number of ether oxygens (including phenoxy) is 3. The Balaban J connectivity index is 1.71. The molecule has 4 rings (SSSR count). The maximum Gasteiger partial charge on any atom is 0.416 e. The van der Waals surface area contributed by atoms with E-state index in [0.29, 0.717) is 36.2 Å². The molecule has 1 aromatic heterocycles. The molecule has 0 radical (unpaired) electrons. The van der Waals surface area contributed by atoms with Gasteiger partial charge in [-0.05, 0) is 45.4 Å². The number of fused-ring (bicyclic) bond motifs is 1. The minimum Gasteiger partial charge on any atom is -0.493 e. The second kappa shape index (κ2) is 11.0. The van der Waals surface area contributed by atoms with Gasteiger partial charge in [0, 0.05) is 41.6 Å². The lowest BCUT2D eigenvalue weighted by atomic mass is 10.1. The molecule has 1 fully saturated rings. The highest BCUT2D eigenvalue weighted by Crippen LogP contribution is 2.35. The molecule has 0 saturated carbocycles. The summed E-state index contributed by atoms with van der Waals surface area (Å²) < 4.78 is 45.3. The van der Waals surface area contributed by atoms with Crippen LogP contribution in [0.1, 0.15) is 48.7 Å². The van der Waals surface area contributed by atoms with Gasteiger partial charge in [0.05, 0.1) is 31.9 Å². The highest BCUT2D eigenvalue weighted by molar-refractivity contribution is 5.76. The number of carbonyl (C=O) groups excluding carboxylic acids is 2. The average Bonchev–Trinajstić information content (AvgIpc) is 3.26. The molecule has 2 unspecified atom stereocenters. The van der Waals surface area contributed by atoms with Crippen LogP contribution in [-0.4, -0.2) is 65.1 Å². The van der Waals surface area contributed by atoms with Gasteiger partial charge in [-0.1, -0.05) is 0 Å². The second-order valence-corrected chi connectivity index (χ2v) is 10.7. The number of amides is 1. The number of aryl methyl sites for hydroxylation is 1. The molecule has 4 N–H and O–H groups in total. The number of methoxy groups -OCH3 is 1. The Morgan fingerprint density at radius 3 is 2.55 bits per heavy atom. The summed E-state index contributed by atoms with van der Waals surface area (Å²) in [5.74, 6) is -1.56. The van der Waals surface area contributed by atoms with Crippen molar-refractivity contribution < 1.29 is 32.6 Å². The zero-order valence-electron chi connectivity index (χ0n) is 23.0. The summed E-state index contributed by atoms with van der Waals surface area (Å²) in [6, 6.07) is 3.19. The summed E-state index contributed by atoms with van der Waals surface area (Å²) in [5, 5.41) is 0. The second-order valence-electron chi connectivity index (χ2n) is 10.7. The van der Waals surface area contributed by atoms with Crippen LogP contribution in [0.25, 0.3) is 5.70 Å². The smallest absolute Gasteiger partial charge is 0.416 e. The number of halogens is 2. The molecule has 0 spiro atoms. The van der Waals surface area contributed by atoms with E-state index < -0.39 is 23.3 Å². The van der Waals surface area contributed by atoms with Gasteiger partial charge in [0.25, 0.3) is 0 Å². The molecule has 1 amide bonds. The van der Waals surface area contributed by atoms with Crippen molar-refractivity contribution in [1.29, 1.82) is 0 Å². The Hall–Kier alpha value is -4.35. The maximum absolute atomic E-state index is 14.4. The van der Waals surface area contributed by atoms with Crippen molar-refractivity contribution >= 4 is 18.1 Å². The first-order valence-corrected chi connectivity index (χ1v) is 12.7. The summed E-state index contributed by atoms with van der Waals surface area (Å²) in [7, 11) is 1.25. The van der Waals surface area contributed by atoms with Gasteiger partial charge >= 0.3 is 6.09 Å². The van der Waals surface area contributed by atoms with Crippen LogP contribution in [0.3, 0.4) is 0 Å². The normalized spacial score (nSPS) is 19.4. The van der Waals surface area contributed by atoms with Gasteiger partial charge in [0.15, 0.2) is 17.9 Å². The Morgan fingerprint density at radius 2 is 1.93 bits per heavy atom. The van der Waals surface area contributed by atoms with Gasteiger partial charge in [-0.2, -0.15) is 0 Å². The highest BCUT2D eigenvalue weighted by Gasteiger charge is 2.43. The lowest BCUT2D eigenvalue weighted by Gasteiger charge is -2.39. The molecule has 2 aliphatic rings. The number of benzene rings is 1. The van der Waals surface area contributed by atoms with Gasteiger partial charge in [0.1, 0.15) is 23.3 Å². The van der Waals surface area contributed by atoms with Crippen LogP contribution >= 0.6 is 0 Å². The van der Waals surface area contributed by atoms with E-state index in [0.717, 1.165) is 17.9 Å². The topological polar surface area (TPSA) is 133 Å². The van der Waals surface area contributed by atoms with Crippen molar-refractivity contribution in [3.63, 3.8) is 0 Å². The van der Waals surface area contributed by atoms with E-state index in [1.54, 1.807) is 33.8 Å². The number of nitrogens with two attached hydrogens (primary N) is 2. The van der Waals surface area contributed by atoms with Crippen molar-refractivity contribution in [1.82, 2.24) is 14.8 Å². The predicted molar refractivity (Wildman–Crippen MR) is 143 cm³/mol. The lowest BCUT2D eigenvalue weighted by molar-refractivity contribution is 0.0243. The molecule has 2 aliphatic heterocycles. The number of nitrogens with zero attached hydrogens (tertiary/aromatic N) is 3. The van der Waals surface area contributed by atoms with E-state index in [9.17, 15) is 18.4 Å². The Bertz CT molecular complexity index is 1390. The zero-order valence-corrected chi connectivity index (χ0v) is 23.0. The molecular formula is C28H33F2N5O5. The summed E-state index contributed by atoms with van der Waals surface area (Å²) >= 11 is 0. The van der Waals surface area contributed by atoms with Gasteiger partial charge in [-0.25, -0.2) is 18.6 Å². The number of rotatable bonds is 6. The minimum atomic E-state index is -0.911. The number of hydrogen-bond donors (Lipinski definition) is 2. The molecule has 10 nitrogen and oxygen atoms in total. The first-order valence-electron chi connectivity index (χ1n) is 12.7. The van der Waals surface area contributed by atoms with Gasteiger partial charge < -0.3 is 30.6 Å². The fourth-order valence-electron chi connectivity index (χ4n) is 4.78. The molecular weight excluding hydrogens is 524 g/mol.